The average molecular weight is 177 g/mol. The van der Waals surface area contributed by atoms with Gasteiger partial charge in [-0.2, -0.15) is 0 Å². The molecule has 4 heteroatoms. The number of anilines is 2. The molecular formula is C9H11N3O. The monoisotopic (exact) mass is 177 g/mol. The van der Waals surface area contributed by atoms with E-state index < -0.39 is 0 Å². The van der Waals surface area contributed by atoms with Crippen LogP contribution in [0, 0.1) is 6.92 Å². The molecule has 0 aliphatic carbocycles. The summed E-state index contributed by atoms with van der Waals surface area (Å²) in [5, 5.41) is 5.80. The topological polar surface area (TPSA) is 54.0 Å². The Bertz CT molecular complexity index is 362. The van der Waals surface area contributed by atoms with Crippen LogP contribution in [0.3, 0.4) is 0 Å². The van der Waals surface area contributed by atoms with Gasteiger partial charge in [0.2, 0.25) is 5.91 Å². The lowest BCUT2D eigenvalue weighted by Crippen LogP contribution is -2.36. The molecule has 0 bridgehead atoms. The van der Waals surface area contributed by atoms with Crippen LogP contribution in [0.5, 0.6) is 0 Å². The van der Waals surface area contributed by atoms with E-state index in [4.69, 9.17) is 0 Å². The van der Waals surface area contributed by atoms with Gasteiger partial charge in [0.1, 0.15) is 6.04 Å². The summed E-state index contributed by atoms with van der Waals surface area (Å²) in [7, 11) is 0. The number of aryl methyl sites for hydroxylation is 1. The number of hydrogen-bond donors (Lipinski definition) is 2. The maximum absolute atomic E-state index is 11.2. The molecule has 0 unspecified atom stereocenters. The first-order chi connectivity index (χ1) is 6.16. The van der Waals surface area contributed by atoms with E-state index in [9.17, 15) is 4.79 Å². The van der Waals surface area contributed by atoms with E-state index in [-0.39, 0.29) is 11.9 Å². The standard InChI is InChI=1S/C9H11N3O/c1-5-3-4-7-8(10-5)11-6(2)9(13)12-7/h3-4,6H,1-2H3,(H,10,11)(H,12,13)/t6-/m1/s1. The van der Waals surface area contributed by atoms with Crippen LogP contribution in [-0.4, -0.2) is 16.9 Å². The number of fused-ring (bicyclic) bond motifs is 1. The second kappa shape index (κ2) is 2.73. The normalized spacial score (nSPS) is 20.2. The van der Waals surface area contributed by atoms with E-state index in [1.54, 1.807) is 0 Å². The number of hydrogen-bond acceptors (Lipinski definition) is 3. The Labute approximate surface area is 76.4 Å². The molecule has 1 atom stereocenters. The van der Waals surface area contributed by atoms with Crippen LogP contribution in [0.25, 0.3) is 0 Å². The lowest BCUT2D eigenvalue weighted by molar-refractivity contribution is -0.116. The van der Waals surface area contributed by atoms with Crippen LogP contribution in [-0.2, 0) is 4.79 Å². The zero-order chi connectivity index (χ0) is 9.42. The molecule has 68 valence electrons. The van der Waals surface area contributed by atoms with Gasteiger partial charge in [-0.25, -0.2) is 4.98 Å². The van der Waals surface area contributed by atoms with Crippen molar-refractivity contribution in [3.05, 3.63) is 17.8 Å². The summed E-state index contributed by atoms with van der Waals surface area (Å²) in [6.07, 6.45) is 0. The zero-order valence-corrected chi connectivity index (χ0v) is 7.59. The smallest absolute Gasteiger partial charge is 0.246 e. The lowest BCUT2D eigenvalue weighted by atomic mass is 10.2. The Kier molecular flexibility index (Phi) is 1.69. The molecule has 1 aromatic rings. The number of aromatic nitrogens is 1. The third kappa shape index (κ3) is 1.35. The van der Waals surface area contributed by atoms with Gasteiger partial charge in [-0.3, -0.25) is 4.79 Å². The fraction of sp³-hybridized carbons (Fsp3) is 0.333. The van der Waals surface area contributed by atoms with Crippen molar-refractivity contribution in [2.45, 2.75) is 19.9 Å². The van der Waals surface area contributed by atoms with Crippen LogP contribution in [0.4, 0.5) is 11.5 Å². The Balaban J connectivity index is 2.42. The number of carbonyl (C=O) groups is 1. The van der Waals surface area contributed by atoms with Gasteiger partial charge in [-0.1, -0.05) is 0 Å². The molecule has 0 aromatic carbocycles. The predicted octanol–water partition coefficient (Wildman–Crippen LogP) is 1.14. The number of nitrogens with one attached hydrogen (secondary N) is 2. The number of carbonyl (C=O) groups excluding carboxylic acids is 1. The third-order valence-electron chi connectivity index (χ3n) is 2.04. The van der Waals surface area contributed by atoms with Gasteiger partial charge in [0.05, 0.1) is 5.69 Å². The first-order valence-corrected chi connectivity index (χ1v) is 4.22. The van der Waals surface area contributed by atoms with Crippen molar-refractivity contribution >= 4 is 17.4 Å². The molecule has 1 amide bonds. The molecule has 0 fully saturated rings. The molecule has 2 N–H and O–H groups in total. The van der Waals surface area contributed by atoms with Gasteiger partial charge < -0.3 is 10.6 Å². The third-order valence-corrected chi connectivity index (χ3v) is 2.04. The van der Waals surface area contributed by atoms with Gasteiger partial charge in [0.25, 0.3) is 0 Å². The Morgan fingerprint density at radius 2 is 2.23 bits per heavy atom. The van der Waals surface area contributed by atoms with Crippen molar-refractivity contribution < 1.29 is 4.79 Å². The van der Waals surface area contributed by atoms with Gasteiger partial charge in [0.15, 0.2) is 5.82 Å². The summed E-state index contributed by atoms with van der Waals surface area (Å²) in [5.41, 5.74) is 1.70. The quantitative estimate of drug-likeness (QED) is 0.624. The van der Waals surface area contributed by atoms with Gasteiger partial charge in [0, 0.05) is 5.69 Å². The number of nitrogens with zero attached hydrogens (tertiary/aromatic N) is 1. The van der Waals surface area contributed by atoms with Crippen molar-refractivity contribution in [3.63, 3.8) is 0 Å². The van der Waals surface area contributed by atoms with E-state index in [0.717, 1.165) is 17.2 Å². The second-order valence-corrected chi connectivity index (χ2v) is 3.20. The largest absolute Gasteiger partial charge is 0.357 e. The minimum atomic E-state index is -0.207. The van der Waals surface area contributed by atoms with Gasteiger partial charge in [-0.15, -0.1) is 0 Å². The molecule has 2 heterocycles. The Hall–Kier alpha value is -1.58. The summed E-state index contributed by atoms with van der Waals surface area (Å²) in [6, 6.07) is 3.52. The van der Waals surface area contributed by atoms with E-state index in [2.05, 4.69) is 15.6 Å². The molecule has 0 saturated carbocycles. The van der Waals surface area contributed by atoms with Gasteiger partial charge >= 0.3 is 0 Å². The molecule has 1 aromatic heterocycles. The summed E-state index contributed by atoms with van der Waals surface area (Å²) in [5.74, 6) is 0.741. The highest BCUT2D eigenvalue weighted by Crippen LogP contribution is 2.23. The highest BCUT2D eigenvalue weighted by molar-refractivity contribution is 6.01. The van der Waals surface area contributed by atoms with Crippen molar-refractivity contribution in [2.24, 2.45) is 0 Å². The van der Waals surface area contributed by atoms with Crippen LogP contribution in [0.1, 0.15) is 12.6 Å². The van der Waals surface area contributed by atoms with E-state index in [1.165, 1.54) is 0 Å². The Morgan fingerprint density at radius 3 is 3.00 bits per heavy atom. The number of pyridine rings is 1. The van der Waals surface area contributed by atoms with Crippen molar-refractivity contribution in [3.8, 4) is 0 Å². The highest BCUT2D eigenvalue weighted by atomic mass is 16.2. The first-order valence-electron chi connectivity index (χ1n) is 4.22. The van der Waals surface area contributed by atoms with E-state index >= 15 is 0 Å². The van der Waals surface area contributed by atoms with E-state index in [1.807, 2.05) is 26.0 Å². The van der Waals surface area contributed by atoms with E-state index in [0.29, 0.717) is 0 Å². The molecule has 4 nitrogen and oxygen atoms in total. The molecule has 0 radical (unpaired) electrons. The minimum Gasteiger partial charge on any atom is -0.357 e. The molecule has 0 spiro atoms. The second-order valence-electron chi connectivity index (χ2n) is 3.20. The summed E-state index contributed by atoms with van der Waals surface area (Å²) < 4.78 is 0. The molecule has 2 rings (SSSR count). The Morgan fingerprint density at radius 1 is 1.46 bits per heavy atom. The maximum Gasteiger partial charge on any atom is 0.246 e. The average Bonchev–Trinajstić information content (AvgIpc) is 2.08. The first kappa shape index (κ1) is 8.04. The number of amides is 1. The highest BCUT2D eigenvalue weighted by Gasteiger charge is 2.21. The maximum atomic E-state index is 11.2. The molecule has 13 heavy (non-hydrogen) atoms. The number of rotatable bonds is 0. The summed E-state index contributed by atoms with van der Waals surface area (Å²) >= 11 is 0. The van der Waals surface area contributed by atoms with Crippen molar-refractivity contribution in [1.82, 2.24) is 4.98 Å². The molecule has 0 saturated heterocycles. The summed E-state index contributed by atoms with van der Waals surface area (Å²) in [4.78, 5) is 15.5. The SMILES string of the molecule is Cc1ccc2c(n1)N[C@H](C)C(=O)N2. The predicted molar refractivity (Wildman–Crippen MR) is 50.7 cm³/mol. The van der Waals surface area contributed by atoms with Crippen molar-refractivity contribution in [2.75, 3.05) is 10.6 Å². The van der Waals surface area contributed by atoms with Crippen LogP contribution >= 0.6 is 0 Å². The van der Waals surface area contributed by atoms with Gasteiger partial charge in [-0.05, 0) is 26.0 Å². The fourth-order valence-electron chi connectivity index (χ4n) is 1.28. The molecule has 1 aliphatic rings. The molecular weight excluding hydrogens is 166 g/mol. The van der Waals surface area contributed by atoms with Crippen LogP contribution in [0.2, 0.25) is 0 Å². The fourth-order valence-corrected chi connectivity index (χ4v) is 1.28. The molecule has 1 aliphatic heterocycles. The zero-order valence-electron chi connectivity index (χ0n) is 7.59. The van der Waals surface area contributed by atoms with Crippen molar-refractivity contribution in [1.29, 1.82) is 0 Å². The minimum absolute atomic E-state index is 0.0156. The summed E-state index contributed by atoms with van der Waals surface area (Å²) in [6.45, 7) is 3.73. The lowest BCUT2D eigenvalue weighted by Gasteiger charge is -2.23. The van der Waals surface area contributed by atoms with Crippen LogP contribution < -0.4 is 10.6 Å². The van der Waals surface area contributed by atoms with Crippen LogP contribution in [0.15, 0.2) is 12.1 Å².